The molecular weight excluding hydrogens is 379 g/mol. The summed E-state index contributed by atoms with van der Waals surface area (Å²) in [5.41, 5.74) is 6.45. The van der Waals surface area contributed by atoms with Crippen molar-refractivity contribution < 1.29 is 18.7 Å². The molecule has 3 N–H and O–H groups in total. The maximum Gasteiger partial charge on any atom is 0.340 e. The summed E-state index contributed by atoms with van der Waals surface area (Å²) < 4.78 is 18.8. The van der Waals surface area contributed by atoms with Crippen LogP contribution in [0.1, 0.15) is 28.9 Å². The third-order valence-corrected chi connectivity index (χ3v) is 3.84. The molecule has 2 rings (SSSR count). The molecule has 24 heavy (non-hydrogen) atoms. The summed E-state index contributed by atoms with van der Waals surface area (Å²) in [6.45, 7) is 1.37. The quantitative estimate of drug-likeness (QED) is 0.602. The van der Waals surface area contributed by atoms with Crippen molar-refractivity contribution in [1.29, 1.82) is 0 Å². The van der Waals surface area contributed by atoms with Gasteiger partial charge in [0.25, 0.3) is 5.91 Å². The molecule has 1 amide bonds. The van der Waals surface area contributed by atoms with E-state index in [1.54, 1.807) is 0 Å². The van der Waals surface area contributed by atoms with Gasteiger partial charge in [0.2, 0.25) is 0 Å². The number of carbonyl (C=O) groups is 2. The standard InChI is InChI=1S/C17H16BrFN2O3/c1-10(11-2-4-12(18)5-3-11)21-16(22)9-24-17(23)14-7-6-13(19)8-15(14)20/h2-8,10H,9,20H2,1H3,(H,21,22)/t10-/m0/s1. The van der Waals surface area contributed by atoms with Crippen molar-refractivity contribution in [2.45, 2.75) is 13.0 Å². The van der Waals surface area contributed by atoms with Crippen molar-refractivity contribution in [1.82, 2.24) is 5.32 Å². The number of anilines is 1. The molecule has 0 bridgehead atoms. The minimum Gasteiger partial charge on any atom is -0.452 e. The Labute approximate surface area is 147 Å². The summed E-state index contributed by atoms with van der Waals surface area (Å²) in [7, 11) is 0. The summed E-state index contributed by atoms with van der Waals surface area (Å²) in [6.07, 6.45) is 0. The van der Waals surface area contributed by atoms with Crippen molar-refractivity contribution in [3.8, 4) is 0 Å². The van der Waals surface area contributed by atoms with Crippen molar-refractivity contribution in [2.75, 3.05) is 12.3 Å². The summed E-state index contributed by atoms with van der Waals surface area (Å²) in [4.78, 5) is 23.7. The van der Waals surface area contributed by atoms with Gasteiger partial charge in [0, 0.05) is 10.2 Å². The molecule has 0 radical (unpaired) electrons. The number of amides is 1. The topological polar surface area (TPSA) is 81.4 Å². The van der Waals surface area contributed by atoms with Crippen LogP contribution in [0.15, 0.2) is 46.9 Å². The number of nitrogens with two attached hydrogens (primary N) is 1. The minimum atomic E-state index is -0.779. The van der Waals surface area contributed by atoms with Crippen LogP contribution in [0.5, 0.6) is 0 Å². The van der Waals surface area contributed by atoms with E-state index in [1.165, 1.54) is 6.07 Å². The minimum absolute atomic E-state index is 0.0187. The normalized spacial score (nSPS) is 11.6. The van der Waals surface area contributed by atoms with Crippen molar-refractivity contribution in [3.05, 3.63) is 63.9 Å². The van der Waals surface area contributed by atoms with Gasteiger partial charge < -0.3 is 15.8 Å². The fraction of sp³-hybridized carbons (Fsp3) is 0.176. The van der Waals surface area contributed by atoms with Crippen molar-refractivity contribution in [2.24, 2.45) is 0 Å². The molecule has 0 unspecified atom stereocenters. The lowest BCUT2D eigenvalue weighted by atomic mass is 10.1. The molecule has 0 heterocycles. The van der Waals surface area contributed by atoms with Crippen LogP contribution in [0, 0.1) is 5.82 Å². The largest absolute Gasteiger partial charge is 0.452 e. The Balaban J connectivity index is 1.88. The molecule has 0 aromatic heterocycles. The van der Waals surface area contributed by atoms with Crippen LogP contribution in [-0.4, -0.2) is 18.5 Å². The van der Waals surface area contributed by atoms with Crippen molar-refractivity contribution in [3.63, 3.8) is 0 Å². The SMILES string of the molecule is C[C@H](NC(=O)COC(=O)c1ccc(F)cc1N)c1ccc(Br)cc1. The molecule has 0 aliphatic heterocycles. The number of ether oxygens (including phenoxy) is 1. The highest BCUT2D eigenvalue weighted by Gasteiger charge is 2.15. The first-order valence-corrected chi connectivity index (χ1v) is 7.93. The Hall–Kier alpha value is -2.41. The Bertz CT molecular complexity index is 750. The fourth-order valence-electron chi connectivity index (χ4n) is 2.05. The van der Waals surface area contributed by atoms with Gasteiger partial charge in [-0.15, -0.1) is 0 Å². The van der Waals surface area contributed by atoms with Crippen LogP contribution < -0.4 is 11.1 Å². The highest BCUT2D eigenvalue weighted by atomic mass is 79.9. The highest BCUT2D eigenvalue weighted by molar-refractivity contribution is 9.10. The third-order valence-electron chi connectivity index (χ3n) is 3.32. The number of benzene rings is 2. The van der Waals surface area contributed by atoms with Gasteiger partial charge in [-0.25, -0.2) is 9.18 Å². The number of hydrogen-bond donors (Lipinski definition) is 2. The van der Waals surface area contributed by atoms with Crippen LogP contribution in [-0.2, 0) is 9.53 Å². The average Bonchev–Trinajstić information content (AvgIpc) is 2.53. The van der Waals surface area contributed by atoms with Crippen LogP contribution in [0.4, 0.5) is 10.1 Å². The first kappa shape index (κ1) is 17.9. The summed E-state index contributed by atoms with van der Waals surface area (Å²) in [6, 6.07) is 10.6. The highest BCUT2D eigenvalue weighted by Crippen LogP contribution is 2.17. The fourth-order valence-corrected chi connectivity index (χ4v) is 2.31. The second-order valence-electron chi connectivity index (χ2n) is 5.15. The lowest BCUT2D eigenvalue weighted by Gasteiger charge is -2.14. The molecular formula is C17H16BrFN2O3. The summed E-state index contributed by atoms with van der Waals surface area (Å²) in [5.74, 6) is -1.77. The van der Waals surface area contributed by atoms with E-state index in [2.05, 4.69) is 21.2 Å². The number of rotatable bonds is 5. The van der Waals surface area contributed by atoms with Gasteiger partial charge in [-0.3, -0.25) is 4.79 Å². The predicted molar refractivity (Wildman–Crippen MR) is 91.8 cm³/mol. The zero-order chi connectivity index (χ0) is 17.7. The summed E-state index contributed by atoms with van der Waals surface area (Å²) in [5, 5.41) is 2.72. The lowest BCUT2D eigenvalue weighted by Crippen LogP contribution is -2.31. The Morgan fingerprint density at radius 1 is 1.25 bits per heavy atom. The number of hydrogen-bond acceptors (Lipinski definition) is 4. The van der Waals surface area contributed by atoms with Gasteiger partial charge in [0.05, 0.1) is 11.6 Å². The zero-order valence-corrected chi connectivity index (χ0v) is 14.5. The predicted octanol–water partition coefficient (Wildman–Crippen LogP) is 3.20. The van der Waals surface area contributed by atoms with Gasteiger partial charge in [0.1, 0.15) is 5.82 Å². The lowest BCUT2D eigenvalue weighted by molar-refractivity contribution is -0.124. The first-order chi connectivity index (χ1) is 11.4. The molecule has 0 saturated heterocycles. The Morgan fingerprint density at radius 3 is 2.54 bits per heavy atom. The van der Waals surface area contributed by atoms with E-state index in [0.717, 1.165) is 22.2 Å². The molecule has 1 atom stereocenters. The molecule has 0 fully saturated rings. The maximum atomic E-state index is 13.0. The number of nitrogens with one attached hydrogen (secondary N) is 1. The van der Waals surface area contributed by atoms with Gasteiger partial charge in [0.15, 0.2) is 6.61 Å². The maximum absolute atomic E-state index is 13.0. The summed E-state index contributed by atoms with van der Waals surface area (Å²) >= 11 is 3.34. The molecule has 0 spiro atoms. The number of carbonyl (C=O) groups excluding carboxylic acids is 2. The molecule has 126 valence electrons. The van der Waals surface area contributed by atoms with Crippen LogP contribution in [0.3, 0.4) is 0 Å². The van der Waals surface area contributed by atoms with Crippen LogP contribution in [0.2, 0.25) is 0 Å². The van der Waals surface area contributed by atoms with Crippen molar-refractivity contribution >= 4 is 33.5 Å². The number of halogens is 2. The van der Waals surface area contributed by atoms with E-state index in [4.69, 9.17) is 10.5 Å². The monoisotopic (exact) mass is 394 g/mol. The third kappa shape index (κ3) is 4.79. The van der Waals surface area contributed by atoms with E-state index < -0.39 is 24.3 Å². The molecule has 2 aromatic rings. The molecule has 0 aliphatic carbocycles. The van der Waals surface area contributed by atoms with E-state index >= 15 is 0 Å². The smallest absolute Gasteiger partial charge is 0.340 e. The van der Waals surface area contributed by atoms with Gasteiger partial charge in [-0.05, 0) is 42.8 Å². The Kier molecular flexibility index (Phi) is 5.92. The van der Waals surface area contributed by atoms with Gasteiger partial charge in [-0.2, -0.15) is 0 Å². The van der Waals surface area contributed by atoms with E-state index in [1.807, 2.05) is 31.2 Å². The van der Waals surface area contributed by atoms with Crippen LogP contribution >= 0.6 is 15.9 Å². The second-order valence-corrected chi connectivity index (χ2v) is 6.06. The molecule has 5 nitrogen and oxygen atoms in total. The molecule has 7 heteroatoms. The van der Waals surface area contributed by atoms with E-state index in [0.29, 0.717) is 0 Å². The Morgan fingerprint density at radius 2 is 1.92 bits per heavy atom. The average molecular weight is 395 g/mol. The first-order valence-electron chi connectivity index (χ1n) is 7.14. The van der Waals surface area contributed by atoms with Gasteiger partial charge in [-0.1, -0.05) is 28.1 Å². The number of nitrogen functional groups attached to an aromatic ring is 1. The second kappa shape index (κ2) is 7.92. The molecule has 2 aromatic carbocycles. The molecule has 0 aliphatic rings. The van der Waals surface area contributed by atoms with E-state index in [-0.39, 0.29) is 17.3 Å². The molecule has 0 saturated carbocycles. The number of esters is 1. The van der Waals surface area contributed by atoms with Crippen LogP contribution in [0.25, 0.3) is 0 Å². The van der Waals surface area contributed by atoms with Gasteiger partial charge >= 0.3 is 5.97 Å². The zero-order valence-electron chi connectivity index (χ0n) is 12.9. The van der Waals surface area contributed by atoms with E-state index in [9.17, 15) is 14.0 Å².